The van der Waals surface area contributed by atoms with Crippen LogP contribution in [-0.2, 0) is 11.3 Å². The number of hydrogen-bond donors (Lipinski definition) is 1. The van der Waals surface area contributed by atoms with Gasteiger partial charge in [0.15, 0.2) is 0 Å². The molecule has 1 saturated heterocycles. The van der Waals surface area contributed by atoms with Gasteiger partial charge in [-0.25, -0.2) is 4.98 Å². The first-order valence-corrected chi connectivity index (χ1v) is 8.39. The smallest absolute Gasteiger partial charge is 0.205 e. The normalized spacial score (nSPS) is 16.3. The molecule has 2 rings (SSSR count). The van der Waals surface area contributed by atoms with E-state index >= 15 is 0 Å². The zero-order valence-electron chi connectivity index (χ0n) is 13.6. The molecule has 0 atom stereocenters. The van der Waals surface area contributed by atoms with Crippen LogP contribution in [0.25, 0.3) is 0 Å². The SMILES string of the molecule is CCOCCCn1ccnc1N(CC)CC1CCNCC1. The van der Waals surface area contributed by atoms with Crippen LogP contribution in [-0.4, -0.2) is 48.9 Å². The van der Waals surface area contributed by atoms with Gasteiger partial charge in [0.25, 0.3) is 0 Å². The summed E-state index contributed by atoms with van der Waals surface area (Å²) in [5.74, 6) is 1.91. The van der Waals surface area contributed by atoms with Crippen molar-refractivity contribution >= 4 is 5.95 Å². The lowest BCUT2D eigenvalue weighted by atomic mass is 9.98. The van der Waals surface area contributed by atoms with Crippen molar-refractivity contribution in [1.82, 2.24) is 14.9 Å². The van der Waals surface area contributed by atoms with E-state index in [1.165, 1.54) is 12.8 Å². The van der Waals surface area contributed by atoms with Crippen molar-refractivity contribution in [2.24, 2.45) is 5.92 Å². The maximum Gasteiger partial charge on any atom is 0.205 e. The second-order valence-electron chi connectivity index (χ2n) is 5.70. The summed E-state index contributed by atoms with van der Waals surface area (Å²) >= 11 is 0. The first kappa shape index (κ1) is 16.3. The second kappa shape index (κ2) is 9.05. The Morgan fingerprint density at radius 3 is 2.90 bits per heavy atom. The van der Waals surface area contributed by atoms with Crippen molar-refractivity contribution in [3.05, 3.63) is 12.4 Å². The van der Waals surface area contributed by atoms with Gasteiger partial charge >= 0.3 is 0 Å². The van der Waals surface area contributed by atoms with Gasteiger partial charge in [-0.1, -0.05) is 0 Å². The van der Waals surface area contributed by atoms with Crippen molar-refractivity contribution in [2.75, 3.05) is 44.3 Å². The Morgan fingerprint density at radius 1 is 1.38 bits per heavy atom. The topological polar surface area (TPSA) is 42.3 Å². The summed E-state index contributed by atoms with van der Waals surface area (Å²) in [5.41, 5.74) is 0. The summed E-state index contributed by atoms with van der Waals surface area (Å²) in [5, 5.41) is 3.44. The first-order chi connectivity index (χ1) is 10.3. The van der Waals surface area contributed by atoms with E-state index in [0.717, 1.165) is 64.2 Å². The predicted octanol–water partition coefficient (Wildman–Crippen LogP) is 2.14. The summed E-state index contributed by atoms with van der Waals surface area (Å²) < 4.78 is 7.69. The van der Waals surface area contributed by atoms with Gasteiger partial charge in [-0.2, -0.15) is 0 Å². The molecule has 1 aliphatic heterocycles. The van der Waals surface area contributed by atoms with Crippen LogP contribution in [0.15, 0.2) is 12.4 Å². The minimum atomic E-state index is 0.791. The van der Waals surface area contributed by atoms with Gasteiger partial charge in [0.05, 0.1) is 0 Å². The summed E-state index contributed by atoms with van der Waals surface area (Å²) in [6.45, 7) is 11.3. The quantitative estimate of drug-likeness (QED) is 0.709. The second-order valence-corrected chi connectivity index (χ2v) is 5.70. The molecular formula is C16H30N4O. The molecule has 0 aromatic carbocycles. The molecule has 0 aliphatic carbocycles. The van der Waals surface area contributed by atoms with Crippen molar-refractivity contribution < 1.29 is 4.74 Å². The van der Waals surface area contributed by atoms with Gasteiger partial charge in [0.2, 0.25) is 5.95 Å². The molecule has 0 spiro atoms. The molecular weight excluding hydrogens is 264 g/mol. The first-order valence-electron chi connectivity index (χ1n) is 8.39. The van der Waals surface area contributed by atoms with E-state index in [4.69, 9.17) is 4.74 Å². The molecule has 1 aliphatic rings. The minimum absolute atomic E-state index is 0.791. The van der Waals surface area contributed by atoms with Gasteiger partial charge in [0.1, 0.15) is 0 Å². The van der Waals surface area contributed by atoms with E-state index < -0.39 is 0 Å². The zero-order valence-corrected chi connectivity index (χ0v) is 13.6. The number of anilines is 1. The number of nitrogens with zero attached hydrogens (tertiary/aromatic N) is 3. The van der Waals surface area contributed by atoms with E-state index in [-0.39, 0.29) is 0 Å². The minimum Gasteiger partial charge on any atom is -0.382 e. The van der Waals surface area contributed by atoms with Gasteiger partial charge in [-0.15, -0.1) is 0 Å². The monoisotopic (exact) mass is 294 g/mol. The Kier molecular flexibility index (Phi) is 7.03. The number of imidazole rings is 1. The van der Waals surface area contributed by atoms with Gasteiger partial charge in [-0.05, 0) is 52.1 Å². The number of rotatable bonds is 9. The van der Waals surface area contributed by atoms with Crippen molar-refractivity contribution in [3.63, 3.8) is 0 Å². The highest BCUT2D eigenvalue weighted by Gasteiger charge is 2.18. The molecule has 1 aromatic heterocycles. The molecule has 0 bridgehead atoms. The summed E-state index contributed by atoms with van der Waals surface area (Å²) in [6, 6.07) is 0. The number of aryl methyl sites for hydroxylation is 1. The molecule has 21 heavy (non-hydrogen) atoms. The fraction of sp³-hybridized carbons (Fsp3) is 0.812. The number of hydrogen-bond acceptors (Lipinski definition) is 4. The standard InChI is InChI=1S/C16H30N4O/c1-3-19(14-15-6-8-17-9-7-15)16-18-10-12-20(16)11-5-13-21-4-2/h10,12,15,17H,3-9,11,13-14H2,1-2H3. The van der Waals surface area contributed by atoms with Crippen LogP contribution < -0.4 is 10.2 Å². The lowest BCUT2D eigenvalue weighted by molar-refractivity contribution is 0.141. The van der Waals surface area contributed by atoms with Gasteiger partial charge < -0.3 is 19.5 Å². The van der Waals surface area contributed by atoms with Crippen LogP contribution in [0.5, 0.6) is 0 Å². The Bertz CT molecular complexity index is 387. The van der Waals surface area contributed by atoms with E-state index in [9.17, 15) is 0 Å². The lowest BCUT2D eigenvalue weighted by Crippen LogP contribution is -2.37. The maximum atomic E-state index is 5.43. The molecule has 1 aromatic rings. The Morgan fingerprint density at radius 2 is 2.19 bits per heavy atom. The maximum absolute atomic E-state index is 5.43. The zero-order chi connectivity index (χ0) is 14.9. The molecule has 2 heterocycles. The Balaban J connectivity index is 1.89. The number of piperidine rings is 1. The average molecular weight is 294 g/mol. The summed E-state index contributed by atoms with van der Waals surface area (Å²) in [4.78, 5) is 7.01. The van der Waals surface area contributed by atoms with Crippen LogP contribution in [0, 0.1) is 5.92 Å². The molecule has 0 saturated carbocycles. The fourth-order valence-corrected chi connectivity index (χ4v) is 2.97. The molecule has 0 amide bonds. The van der Waals surface area contributed by atoms with Crippen LogP contribution in [0.2, 0.25) is 0 Å². The molecule has 0 unspecified atom stereocenters. The van der Waals surface area contributed by atoms with E-state index in [1.54, 1.807) is 0 Å². The molecule has 120 valence electrons. The third kappa shape index (κ3) is 5.00. The fourth-order valence-electron chi connectivity index (χ4n) is 2.97. The third-order valence-electron chi connectivity index (χ3n) is 4.19. The summed E-state index contributed by atoms with van der Waals surface area (Å²) in [6.07, 6.45) is 7.61. The molecule has 1 fully saturated rings. The van der Waals surface area contributed by atoms with Crippen molar-refractivity contribution in [3.8, 4) is 0 Å². The van der Waals surface area contributed by atoms with Crippen LogP contribution in [0.3, 0.4) is 0 Å². The molecule has 1 N–H and O–H groups in total. The van der Waals surface area contributed by atoms with Gasteiger partial charge in [-0.3, -0.25) is 0 Å². The highest BCUT2D eigenvalue weighted by atomic mass is 16.5. The largest absolute Gasteiger partial charge is 0.382 e. The van der Waals surface area contributed by atoms with E-state index in [0.29, 0.717) is 0 Å². The Hall–Kier alpha value is -1.07. The van der Waals surface area contributed by atoms with Crippen molar-refractivity contribution in [1.29, 1.82) is 0 Å². The van der Waals surface area contributed by atoms with Crippen LogP contribution >= 0.6 is 0 Å². The van der Waals surface area contributed by atoms with Crippen LogP contribution in [0.1, 0.15) is 33.1 Å². The van der Waals surface area contributed by atoms with Gasteiger partial charge in [0, 0.05) is 45.2 Å². The lowest BCUT2D eigenvalue weighted by Gasteiger charge is -2.30. The highest BCUT2D eigenvalue weighted by Crippen LogP contribution is 2.18. The summed E-state index contributed by atoms with van der Waals surface area (Å²) in [7, 11) is 0. The Labute approximate surface area is 128 Å². The third-order valence-corrected chi connectivity index (χ3v) is 4.19. The van der Waals surface area contributed by atoms with E-state index in [2.05, 4.69) is 32.9 Å². The van der Waals surface area contributed by atoms with E-state index in [1.807, 2.05) is 13.1 Å². The highest BCUT2D eigenvalue weighted by molar-refractivity contribution is 5.31. The predicted molar refractivity (Wildman–Crippen MR) is 86.8 cm³/mol. The number of ether oxygens (including phenoxy) is 1. The molecule has 0 radical (unpaired) electrons. The average Bonchev–Trinajstić information content (AvgIpc) is 2.98. The molecule has 5 heteroatoms. The van der Waals surface area contributed by atoms with Crippen LogP contribution in [0.4, 0.5) is 5.95 Å². The van der Waals surface area contributed by atoms with Crippen molar-refractivity contribution in [2.45, 2.75) is 39.7 Å². The molecule has 5 nitrogen and oxygen atoms in total. The number of nitrogens with one attached hydrogen (secondary N) is 1. The number of aromatic nitrogens is 2.